The second kappa shape index (κ2) is 10.5. The fourth-order valence-corrected chi connectivity index (χ4v) is 2.03. The van der Waals surface area contributed by atoms with E-state index < -0.39 is 0 Å². The summed E-state index contributed by atoms with van der Waals surface area (Å²) in [6.07, 6.45) is 4.14. The Labute approximate surface area is 143 Å². The number of hydrogen-bond acceptors (Lipinski definition) is 4. The van der Waals surface area contributed by atoms with Crippen LogP contribution in [0.2, 0.25) is 0 Å². The van der Waals surface area contributed by atoms with Crippen molar-refractivity contribution < 1.29 is 18.9 Å². The summed E-state index contributed by atoms with van der Waals surface area (Å²) in [7, 11) is 3.32. The maximum Gasteiger partial charge on any atom is 0.119 e. The molecule has 0 bridgehead atoms. The van der Waals surface area contributed by atoms with Gasteiger partial charge in [0.1, 0.15) is 24.7 Å². The van der Waals surface area contributed by atoms with Crippen LogP contribution < -0.4 is 9.47 Å². The molecule has 0 aliphatic heterocycles. The van der Waals surface area contributed by atoms with Gasteiger partial charge in [0, 0.05) is 14.2 Å². The van der Waals surface area contributed by atoms with Crippen molar-refractivity contribution in [2.75, 3.05) is 40.6 Å². The van der Waals surface area contributed by atoms with E-state index in [1.165, 1.54) is 0 Å². The predicted molar refractivity (Wildman–Crippen MR) is 96.6 cm³/mol. The molecule has 0 heterocycles. The minimum absolute atomic E-state index is 0.560. The quantitative estimate of drug-likeness (QED) is 0.489. The van der Waals surface area contributed by atoms with Gasteiger partial charge in [-0.05, 0) is 35.4 Å². The molecule has 2 aromatic rings. The molecule has 0 saturated heterocycles. The van der Waals surface area contributed by atoms with Gasteiger partial charge in [0.15, 0.2) is 0 Å². The molecule has 128 valence electrons. The van der Waals surface area contributed by atoms with Crippen LogP contribution in [0.25, 0.3) is 12.2 Å². The molecule has 0 atom stereocenters. The van der Waals surface area contributed by atoms with E-state index in [0.717, 1.165) is 22.6 Å². The van der Waals surface area contributed by atoms with E-state index in [2.05, 4.69) is 12.2 Å². The van der Waals surface area contributed by atoms with Crippen LogP contribution in [0.1, 0.15) is 11.1 Å². The normalized spacial score (nSPS) is 10.9. The van der Waals surface area contributed by atoms with Gasteiger partial charge in [-0.3, -0.25) is 0 Å². The summed E-state index contributed by atoms with van der Waals surface area (Å²) in [5.74, 6) is 1.70. The van der Waals surface area contributed by atoms with Gasteiger partial charge >= 0.3 is 0 Å². The highest BCUT2D eigenvalue weighted by Crippen LogP contribution is 2.16. The Bertz CT molecular complexity index is 547. The third-order valence-electron chi connectivity index (χ3n) is 3.34. The van der Waals surface area contributed by atoms with Crippen LogP contribution >= 0.6 is 0 Å². The lowest BCUT2D eigenvalue weighted by Gasteiger charge is -2.06. The lowest BCUT2D eigenvalue weighted by molar-refractivity contribution is 0.146. The van der Waals surface area contributed by atoms with Crippen molar-refractivity contribution in [3.8, 4) is 11.5 Å². The van der Waals surface area contributed by atoms with Crippen molar-refractivity contribution in [2.24, 2.45) is 0 Å². The minimum Gasteiger partial charge on any atom is -0.491 e. The van der Waals surface area contributed by atoms with E-state index in [0.29, 0.717) is 26.4 Å². The minimum atomic E-state index is 0.560. The highest BCUT2D eigenvalue weighted by atomic mass is 16.5. The monoisotopic (exact) mass is 328 g/mol. The number of methoxy groups -OCH3 is 2. The van der Waals surface area contributed by atoms with Gasteiger partial charge in [-0.15, -0.1) is 0 Å². The first kappa shape index (κ1) is 18.0. The number of benzene rings is 2. The molecular weight excluding hydrogens is 304 g/mol. The van der Waals surface area contributed by atoms with E-state index in [1.807, 2.05) is 48.5 Å². The van der Waals surface area contributed by atoms with Gasteiger partial charge in [0.2, 0.25) is 0 Å². The fourth-order valence-electron chi connectivity index (χ4n) is 2.03. The van der Waals surface area contributed by atoms with Gasteiger partial charge in [-0.25, -0.2) is 0 Å². The van der Waals surface area contributed by atoms with E-state index in [1.54, 1.807) is 14.2 Å². The highest BCUT2D eigenvalue weighted by Gasteiger charge is 1.95. The summed E-state index contributed by atoms with van der Waals surface area (Å²) >= 11 is 0. The zero-order valence-corrected chi connectivity index (χ0v) is 14.2. The third-order valence-corrected chi connectivity index (χ3v) is 3.34. The number of rotatable bonds is 10. The molecule has 0 aromatic heterocycles. The smallest absolute Gasteiger partial charge is 0.119 e. The largest absolute Gasteiger partial charge is 0.491 e. The van der Waals surface area contributed by atoms with Crippen molar-refractivity contribution in [1.82, 2.24) is 0 Å². The van der Waals surface area contributed by atoms with E-state index in [-0.39, 0.29) is 0 Å². The Morgan fingerprint density at radius 2 is 0.958 bits per heavy atom. The van der Waals surface area contributed by atoms with Crippen LogP contribution in [0.15, 0.2) is 48.5 Å². The van der Waals surface area contributed by atoms with Crippen molar-refractivity contribution in [1.29, 1.82) is 0 Å². The number of hydrogen-bond donors (Lipinski definition) is 0. The van der Waals surface area contributed by atoms with Gasteiger partial charge in [-0.1, -0.05) is 36.4 Å². The molecule has 24 heavy (non-hydrogen) atoms. The summed E-state index contributed by atoms with van der Waals surface area (Å²) < 4.78 is 21.0. The molecule has 0 unspecified atom stereocenters. The zero-order chi connectivity index (χ0) is 17.0. The van der Waals surface area contributed by atoms with Crippen molar-refractivity contribution in [2.45, 2.75) is 0 Å². The van der Waals surface area contributed by atoms with Crippen LogP contribution in [0.4, 0.5) is 0 Å². The Morgan fingerprint density at radius 1 is 0.583 bits per heavy atom. The average Bonchev–Trinajstić information content (AvgIpc) is 2.63. The first-order valence-corrected chi connectivity index (χ1v) is 7.93. The van der Waals surface area contributed by atoms with Gasteiger partial charge < -0.3 is 18.9 Å². The van der Waals surface area contributed by atoms with Crippen LogP contribution in [-0.2, 0) is 9.47 Å². The average molecular weight is 328 g/mol. The topological polar surface area (TPSA) is 36.9 Å². The summed E-state index contributed by atoms with van der Waals surface area (Å²) in [5.41, 5.74) is 2.24. The summed E-state index contributed by atoms with van der Waals surface area (Å²) in [6.45, 7) is 2.30. The Balaban J connectivity index is 1.86. The third kappa shape index (κ3) is 6.44. The lowest BCUT2D eigenvalue weighted by Crippen LogP contribution is -2.03. The van der Waals surface area contributed by atoms with Crippen molar-refractivity contribution in [3.05, 3.63) is 59.7 Å². The van der Waals surface area contributed by atoms with Gasteiger partial charge in [0.05, 0.1) is 13.2 Å². The molecule has 0 aliphatic carbocycles. The molecule has 0 amide bonds. The van der Waals surface area contributed by atoms with E-state index in [9.17, 15) is 0 Å². The Kier molecular flexibility index (Phi) is 7.87. The van der Waals surface area contributed by atoms with Crippen molar-refractivity contribution >= 4 is 12.2 Å². The van der Waals surface area contributed by atoms with Gasteiger partial charge in [0.25, 0.3) is 0 Å². The summed E-state index contributed by atoms with van der Waals surface area (Å²) in [4.78, 5) is 0. The fraction of sp³-hybridized carbons (Fsp3) is 0.300. The molecule has 2 aromatic carbocycles. The predicted octanol–water partition coefficient (Wildman–Crippen LogP) is 3.91. The Morgan fingerprint density at radius 3 is 1.29 bits per heavy atom. The van der Waals surface area contributed by atoms with Crippen LogP contribution in [0.5, 0.6) is 11.5 Å². The molecule has 0 spiro atoms. The molecule has 4 nitrogen and oxygen atoms in total. The maximum absolute atomic E-state index is 5.55. The maximum atomic E-state index is 5.55. The molecule has 0 radical (unpaired) electrons. The first-order chi connectivity index (χ1) is 11.8. The second-order valence-electron chi connectivity index (χ2n) is 5.15. The van der Waals surface area contributed by atoms with E-state index in [4.69, 9.17) is 18.9 Å². The van der Waals surface area contributed by atoms with Crippen molar-refractivity contribution in [3.63, 3.8) is 0 Å². The molecule has 0 saturated carbocycles. The molecule has 4 heteroatoms. The Hall–Kier alpha value is -2.30. The molecule has 0 aliphatic rings. The van der Waals surface area contributed by atoms with Crippen LogP contribution in [0.3, 0.4) is 0 Å². The second-order valence-corrected chi connectivity index (χ2v) is 5.15. The molecule has 2 rings (SSSR count). The lowest BCUT2D eigenvalue weighted by atomic mass is 10.1. The molecular formula is C20H24O4. The number of ether oxygens (including phenoxy) is 4. The molecule has 0 N–H and O–H groups in total. The summed E-state index contributed by atoms with van der Waals surface area (Å²) in [5, 5.41) is 0. The van der Waals surface area contributed by atoms with Gasteiger partial charge in [-0.2, -0.15) is 0 Å². The first-order valence-electron chi connectivity index (χ1n) is 7.93. The standard InChI is InChI=1S/C20H24O4/c1-21-13-15-23-19-9-5-17(6-10-19)3-4-18-7-11-20(12-8-18)24-16-14-22-2/h3-12H,13-16H2,1-2H3/b4-3+. The highest BCUT2D eigenvalue weighted by molar-refractivity contribution is 5.70. The summed E-state index contributed by atoms with van der Waals surface area (Å²) in [6, 6.07) is 16.0. The van der Waals surface area contributed by atoms with Crippen LogP contribution in [0, 0.1) is 0 Å². The zero-order valence-electron chi connectivity index (χ0n) is 14.2. The molecule has 0 fully saturated rings. The van der Waals surface area contributed by atoms with E-state index >= 15 is 0 Å². The van der Waals surface area contributed by atoms with Crippen LogP contribution in [-0.4, -0.2) is 40.6 Å². The SMILES string of the molecule is COCCOc1ccc(/C=C/c2ccc(OCCOC)cc2)cc1.